The first-order valence-corrected chi connectivity index (χ1v) is 11.6. The molecule has 0 heterocycles. The number of aryl methyl sites for hydroxylation is 2. The van der Waals surface area contributed by atoms with Crippen molar-refractivity contribution in [2.75, 3.05) is 6.61 Å². The molecule has 2 unspecified atom stereocenters. The minimum Gasteiger partial charge on any atom is -0.484 e. The van der Waals surface area contributed by atoms with Crippen molar-refractivity contribution in [2.45, 2.75) is 59.7 Å². The van der Waals surface area contributed by atoms with E-state index < -0.39 is 6.04 Å². The molecule has 2 amide bonds. The molecule has 2 atom stereocenters. The van der Waals surface area contributed by atoms with Crippen molar-refractivity contribution in [2.24, 2.45) is 0 Å². The van der Waals surface area contributed by atoms with Gasteiger partial charge in [0.25, 0.3) is 5.91 Å². The Morgan fingerprint density at radius 2 is 1.62 bits per heavy atom. The van der Waals surface area contributed by atoms with Gasteiger partial charge in [-0.3, -0.25) is 9.59 Å². The SMILES string of the molecule is CCC(C)NC(=O)C(C)N(Cc1c(Cl)cccc1Cl)C(=O)COc1cc(C)c(Cl)c(C)c1. The van der Waals surface area contributed by atoms with Crippen molar-refractivity contribution in [3.63, 3.8) is 0 Å². The van der Waals surface area contributed by atoms with Gasteiger partial charge in [0.05, 0.1) is 0 Å². The van der Waals surface area contributed by atoms with Gasteiger partial charge in [0.1, 0.15) is 11.8 Å². The average Bonchev–Trinajstić information content (AvgIpc) is 2.74. The maximum Gasteiger partial charge on any atom is 0.261 e. The third kappa shape index (κ3) is 6.77. The van der Waals surface area contributed by atoms with Crippen LogP contribution in [0.15, 0.2) is 30.3 Å². The normalized spacial score (nSPS) is 12.8. The number of halogens is 3. The minimum atomic E-state index is -0.749. The fourth-order valence-electron chi connectivity index (χ4n) is 3.12. The van der Waals surface area contributed by atoms with Crippen LogP contribution in [0.25, 0.3) is 0 Å². The fourth-order valence-corrected chi connectivity index (χ4v) is 3.75. The molecule has 0 saturated heterocycles. The van der Waals surface area contributed by atoms with Crippen LogP contribution >= 0.6 is 34.8 Å². The van der Waals surface area contributed by atoms with E-state index in [-0.39, 0.29) is 31.0 Å². The quantitative estimate of drug-likeness (QED) is 0.462. The molecule has 0 bridgehead atoms. The van der Waals surface area contributed by atoms with Gasteiger partial charge in [0.2, 0.25) is 5.91 Å². The number of amides is 2. The largest absolute Gasteiger partial charge is 0.484 e. The molecule has 0 saturated carbocycles. The Balaban J connectivity index is 2.26. The molecule has 174 valence electrons. The summed E-state index contributed by atoms with van der Waals surface area (Å²) in [7, 11) is 0. The van der Waals surface area contributed by atoms with Crippen LogP contribution in [0.3, 0.4) is 0 Å². The van der Waals surface area contributed by atoms with E-state index in [4.69, 9.17) is 39.5 Å². The van der Waals surface area contributed by atoms with Gasteiger partial charge >= 0.3 is 0 Å². The number of nitrogens with one attached hydrogen (secondary N) is 1. The van der Waals surface area contributed by atoms with Crippen molar-refractivity contribution in [3.8, 4) is 5.75 Å². The topological polar surface area (TPSA) is 58.6 Å². The summed E-state index contributed by atoms with van der Waals surface area (Å²) >= 11 is 18.9. The molecule has 2 aromatic rings. The number of rotatable bonds is 9. The summed E-state index contributed by atoms with van der Waals surface area (Å²) in [5, 5.41) is 4.43. The highest BCUT2D eigenvalue weighted by molar-refractivity contribution is 6.36. The summed E-state index contributed by atoms with van der Waals surface area (Å²) in [5.74, 6) is -0.0858. The Bertz CT molecular complexity index is 938. The predicted octanol–water partition coefficient (Wildman–Crippen LogP) is 5.97. The summed E-state index contributed by atoms with van der Waals surface area (Å²) in [5.41, 5.74) is 2.29. The van der Waals surface area contributed by atoms with E-state index in [1.54, 1.807) is 37.3 Å². The lowest BCUT2D eigenvalue weighted by atomic mass is 10.1. The third-order valence-corrected chi connectivity index (χ3v) is 6.64. The molecule has 0 aromatic heterocycles. The van der Waals surface area contributed by atoms with Crippen LogP contribution in [0.5, 0.6) is 5.75 Å². The van der Waals surface area contributed by atoms with Crippen LogP contribution in [0.1, 0.15) is 43.9 Å². The third-order valence-electron chi connectivity index (χ3n) is 5.33. The van der Waals surface area contributed by atoms with Crippen molar-refractivity contribution in [1.29, 1.82) is 0 Å². The van der Waals surface area contributed by atoms with Gasteiger partial charge in [-0.05, 0) is 69.5 Å². The molecule has 0 aliphatic rings. The van der Waals surface area contributed by atoms with Crippen LogP contribution in [-0.4, -0.2) is 35.4 Å². The first-order valence-electron chi connectivity index (χ1n) is 10.5. The van der Waals surface area contributed by atoms with Gasteiger partial charge in [-0.2, -0.15) is 0 Å². The first kappa shape index (κ1) is 26.3. The molecular weight excluding hydrogens is 471 g/mol. The monoisotopic (exact) mass is 498 g/mol. The number of benzene rings is 2. The summed E-state index contributed by atoms with van der Waals surface area (Å²) < 4.78 is 5.75. The van der Waals surface area contributed by atoms with Crippen LogP contribution in [0.4, 0.5) is 0 Å². The molecule has 8 heteroatoms. The van der Waals surface area contributed by atoms with Crippen LogP contribution in [0.2, 0.25) is 15.1 Å². The Kier molecular flexibility index (Phi) is 9.68. The lowest BCUT2D eigenvalue weighted by Gasteiger charge is -2.30. The number of nitrogens with zero attached hydrogens (tertiary/aromatic N) is 1. The lowest BCUT2D eigenvalue weighted by Crippen LogP contribution is -2.50. The van der Waals surface area contributed by atoms with Crippen LogP contribution in [-0.2, 0) is 16.1 Å². The van der Waals surface area contributed by atoms with Crippen molar-refractivity contribution in [1.82, 2.24) is 10.2 Å². The van der Waals surface area contributed by atoms with Gasteiger partial charge in [0, 0.05) is 33.2 Å². The van der Waals surface area contributed by atoms with Gasteiger partial charge in [0.15, 0.2) is 6.61 Å². The molecular formula is C24H29Cl3N2O3. The van der Waals surface area contributed by atoms with E-state index in [1.165, 1.54) is 4.90 Å². The van der Waals surface area contributed by atoms with Gasteiger partial charge in [-0.25, -0.2) is 0 Å². The van der Waals surface area contributed by atoms with E-state index in [0.29, 0.717) is 26.4 Å². The number of carbonyl (C=O) groups is 2. The van der Waals surface area contributed by atoms with Crippen LogP contribution in [0, 0.1) is 13.8 Å². The number of ether oxygens (including phenoxy) is 1. The summed E-state index contributed by atoms with van der Waals surface area (Å²) in [4.78, 5) is 27.4. The van der Waals surface area contributed by atoms with E-state index in [1.807, 2.05) is 27.7 Å². The highest BCUT2D eigenvalue weighted by atomic mass is 35.5. The van der Waals surface area contributed by atoms with Crippen molar-refractivity contribution in [3.05, 3.63) is 62.1 Å². The highest BCUT2D eigenvalue weighted by Crippen LogP contribution is 2.28. The zero-order chi connectivity index (χ0) is 24.0. The molecule has 2 aromatic carbocycles. The Hall–Kier alpha value is -1.95. The second kappa shape index (κ2) is 11.8. The van der Waals surface area contributed by atoms with Crippen molar-refractivity contribution < 1.29 is 14.3 Å². The smallest absolute Gasteiger partial charge is 0.261 e. The fraction of sp³-hybridized carbons (Fsp3) is 0.417. The summed E-state index contributed by atoms with van der Waals surface area (Å²) in [6.45, 7) is 9.14. The Labute approximate surface area is 205 Å². The first-order chi connectivity index (χ1) is 15.0. The average molecular weight is 500 g/mol. The van der Waals surface area contributed by atoms with Crippen molar-refractivity contribution >= 4 is 46.6 Å². The molecule has 0 aliphatic heterocycles. The molecule has 1 N–H and O–H groups in total. The molecule has 32 heavy (non-hydrogen) atoms. The standard InChI is InChI=1S/C24H29Cl3N2O3/c1-6-16(4)28-24(31)17(5)29(12-19-20(25)8-7-9-21(19)26)22(30)13-32-18-10-14(2)23(27)15(3)11-18/h7-11,16-17H,6,12-13H2,1-5H3,(H,28,31). The minimum absolute atomic E-state index is 0.0120. The molecule has 0 spiro atoms. The number of hydrogen-bond acceptors (Lipinski definition) is 3. The van der Waals surface area contributed by atoms with E-state index >= 15 is 0 Å². The zero-order valence-corrected chi connectivity index (χ0v) is 21.2. The Morgan fingerprint density at radius 3 is 2.16 bits per heavy atom. The second-order valence-electron chi connectivity index (χ2n) is 7.88. The van der Waals surface area contributed by atoms with Gasteiger partial charge in [-0.1, -0.05) is 47.8 Å². The van der Waals surface area contributed by atoms with Crippen LogP contribution < -0.4 is 10.1 Å². The van der Waals surface area contributed by atoms with E-state index in [9.17, 15) is 9.59 Å². The second-order valence-corrected chi connectivity index (χ2v) is 9.07. The van der Waals surface area contributed by atoms with E-state index in [2.05, 4.69) is 5.32 Å². The molecule has 0 aliphatic carbocycles. The summed E-state index contributed by atoms with van der Waals surface area (Å²) in [6, 6.07) is 7.92. The highest BCUT2D eigenvalue weighted by Gasteiger charge is 2.28. The zero-order valence-electron chi connectivity index (χ0n) is 19.0. The maximum atomic E-state index is 13.2. The predicted molar refractivity (Wildman–Crippen MR) is 131 cm³/mol. The van der Waals surface area contributed by atoms with E-state index in [0.717, 1.165) is 17.5 Å². The molecule has 0 radical (unpaired) electrons. The summed E-state index contributed by atoms with van der Waals surface area (Å²) in [6.07, 6.45) is 0.779. The molecule has 5 nitrogen and oxygen atoms in total. The lowest BCUT2D eigenvalue weighted by molar-refractivity contribution is -0.142. The number of carbonyl (C=O) groups excluding carboxylic acids is 2. The van der Waals surface area contributed by atoms with Gasteiger partial charge in [-0.15, -0.1) is 0 Å². The number of hydrogen-bond donors (Lipinski definition) is 1. The molecule has 0 fully saturated rings. The molecule has 2 rings (SSSR count). The maximum absolute atomic E-state index is 13.2. The Morgan fingerprint density at radius 1 is 1.06 bits per heavy atom. The van der Waals surface area contributed by atoms with Gasteiger partial charge < -0.3 is 15.0 Å².